The number of nitrogens with zero attached hydrogens (tertiary/aromatic N) is 3. The van der Waals surface area contributed by atoms with E-state index in [0.717, 1.165) is 29.3 Å². The number of furan rings is 1. The fourth-order valence-corrected chi connectivity index (χ4v) is 3.56. The Morgan fingerprint density at radius 3 is 2.75 bits per heavy atom. The zero-order valence-corrected chi connectivity index (χ0v) is 13.7. The molecule has 0 aliphatic rings. The zero-order chi connectivity index (χ0) is 16.3. The lowest BCUT2D eigenvalue weighted by atomic mass is 10.2. The molecule has 0 aliphatic carbocycles. The topological polar surface area (TPSA) is 35.4 Å². The highest BCUT2D eigenvalue weighted by molar-refractivity contribution is 6.08. The lowest BCUT2D eigenvalue weighted by Crippen LogP contribution is -1.95. The van der Waals surface area contributed by atoms with Crippen molar-refractivity contribution < 1.29 is 4.42 Å². The van der Waals surface area contributed by atoms with Gasteiger partial charge in [-0.05, 0) is 31.2 Å². The fraction of sp³-hybridized carbons (Fsp3) is 0.150. The number of aryl methyl sites for hydroxylation is 2. The van der Waals surface area contributed by atoms with Gasteiger partial charge in [0.05, 0.1) is 11.2 Å². The van der Waals surface area contributed by atoms with Crippen molar-refractivity contribution in [2.45, 2.75) is 13.3 Å². The van der Waals surface area contributed by atoms with Crippen LogP contribution in [-0.2, 0) is 13.5 Å². The molecule has 4 aromatic heterocycles. The standard InChI is InChI=1S/C20H17N3O/c1-13-7-8-15(24-13)9-14-11-21-20-10-17-16-5-3-4-6-18(16)22(2)19(17)12-23(14)20/h3-8,10-12H,9H2,1-2H3. The summed E-state index contributed by atoms with van der Waals surface area (Å²) in [5, 5.41) is 2.51. The summed E-state index contributed by atoms with van der Waals surface area (Å²) >= 11 is 0. The van der Waals surface area contributed by atoms with Gasteiger partial charge >= 0.3 is 0 Å². The maximum atomic E-state index is 5.72. The Balaban J connectivity index is 1.75. The lowest BCUT2D eigenvalue weighted by Gasteiger charge is -2.03. The van der Waals surface area contributed by atoms with E-state index in [0.29, 0.717) is 0 Å². The van der Waals surface area contributed by atoms with Gasteiger partial charge in [-0.25, -0.2) is 4.98 Å². The van der Waals surface area contributed by atoms with Crippen LogP contribution in [0.1, 0.15) is 17.2 Å². The number of fused-ring (bicyclic) bond motifs is 4. The second-order valence-electron chi connectivity index (χ2n) is 6.32. The van der Waals surface area contributed by atoms with E-state index in [2.05, 4.69) is 57.5 Å². The molecule has 0 spiro atoms. The number of rotatable bonds is 2. The predicted octanol–water partition coefficient (Wildman–Crippen LogP) is 4.47. The number of pyridine rings is 1. The summed E-state index contributed by atoms with van der Waals surface area (Å²) in [6.07, 6.45) is 4.86. The van der Waals surface area contributed by atoms with E-state index in [4.69, 9.17) is 4.42 Å². The van der Waals surface area contributed by atoms with Gasteiger partial charge in [0.1, 0.15) is 17.2 Å². The van der Waals surface area contributed by atoms with Crippen molar-refractivity contribution in [3.63, 3.8) is 0 Å². The molecule has 24 heavy (non-hydrogen) atoms. The van der Waals surface area contributed by atoms with Crippen LogP contribution in [0.3, 0.4) is 0 Å². The minimum Gasteiger partial charge on any atom is -0.466 e. The zero-order valence-electron chi connectivity index (χ0n) is 13.7. The Kier molecular flexibility index (Phi) is 2.65. The van der Waals surface area contributed by atoms with Gasteiger partial charge in [0.25, 0.3) is 0 Å². The quantitative estimate of drug-likeness (QED) is 0.482. The van der Waals surface area contributed by atoms with E-state index in [1.165, 1.54) is 21.8 Å². The SMILES string of the molecule is Cc1ccc(Cc2cnc3cc4c5ccccc5n(C)c4cn23)o1. The average Bonchev–Trinajstić information content (AvgIpc) is 3.26. The first-order chi connectivity index (χ1) is 11.7. The number of aromatic nitrogens is 3. The largest absolute Gasteiger partial charge is 0.466 e. The molecule has 5 rings (SSSR count). The van der Waals surface area contributed by atoms with Crippen molar-refractivity contribution in [3.05, 3.63) is 72.1 Å². The first-order valence-corrected chi connectivity index (χ1v) is 8.09. The second kappa shape index (κ2) is 4.74. The highest BCUT2D eigenvalue weighted by Crippen LogP contribution is 2.29. The summed E-state index contributed by atoms with van der Waals surface area (Å²) < 4.78 is 10.1. The third-order valence-electron chi connectivity index (χ3n) is 4.77. The molecule has 0 aliphatic heterocycles. The van der Waals surface area contributed by atoms with Crippen LogP contribution in [0, 0.1) is 6.92 Å². The van der Waals surface area contributed by atoms with Crippen LogP contribution in [0.15, 0.2) is 59.3 Å². The van der Waals surface area contributed by atoms with Crippen LogP contribution >= 0.6 is 0 Å². The molecule has 0 fully saturated rings. The second-order valence-corrected chi connectivity index (χ2v) is 6.32. The van der Waals surface area contributed by atoms with Crippen molar-refractivity contribution in [1.82, 2.24) is 14.0 Å². The monoisotopic (exact) mass is 315 g/mol. The number of hydrogen-bond donors (Lipinski definition) is 0. The van der Waals surface area contributed by atoms with Crippen molar-refractivity contribution in [1.29, 1.82) is 0 Å². The summed E-state index contributed by atoms with van der Waals surface area (Å²) in [7, 11) is 2.11. The molecule has 0 radical (unpaired) electrons. The van der Waals surface area contributed by atoms with Crippen LogP contribution < -0.4 is 0 Å². The molecule has 5 aromatic rings. The van der Waals surface area contributed by atoms with Crippen LogP contribution in [0.25, 0.3) is 27.5 Å². The Morgan fingerprint density at radius 1 is 1.04 bits per heavy atom. The summed E-state index contributed by atoms with van der Waals surface area (Å²) in [5.74, 6) is 1.90. The third kappa shape index (κ3) is 1.83. The average molecular weight is 315 g/mol. The van der Waals surface area contributed by atoms with Crippen LogP contribution in [0.5, 0.6) is 0 Å². The van der Waals surface area contributed by atoms with E-state index in [1.807, 2.05) is 25.3 Å². The highest BCUT2D eigenvalue weighted by atomic mass is 16.3. The van der Waals surface area contributed by atoms with Gasteiger partial charge in [-0.1, -0.05) is 18.2 Å². The predicted molar refractivity (Wildman–Crippen MR) is 95.4 cm³/mol. The number of hydrogen-bond acceptors (Lipinski definition) is 2. The van der Waals surface area contributed by atoms with Crippen LogP contribution in [-0.4, -0.2) is 14.0 Å². The van der Waals surface area contributed by atoms with Crippen molar-refractivity contribution in [3.8, 4) is 0 Å². The summed E-state index contributed by atoms with van der Waals surface area (Å²) in [6.45, 7) is 1.97. The molecule has 0 bridgehead atoms. The maximum Gasteiger partial charge on any atom is 0.137 e. The molecule has 0 saturated carbocycles. The van der Waals surface area contributed by atoms with Crippen molar-refractivity contribution >= 4 is 27.5 Å². The van der Waals surface area contributed by atoms with E-state index in [-0.39, 0.29) is 0 Å². The summed E-state index contributed by atoms with van der Waals surface area (Å²) in [6, 6.07) is 14.7. The fourth-order valence-electron chi connectivity index (χ4n) is 3.56. The first kappa shape index (κ1) is 13.4. The summed E-state index contributed by atoms with van der Waals surface area (Å²) in [4.78, 5) is 4.60. The number of benzene rings is 1. The Labute approximate surface area is 138 Å². The van der Waals surface area contributed by atoms with Crippen molar-refractivity contribution in [2.75, 3.05) is 0 Å². The van der Waals surface area contributed by atoms with Gasteiger partial charge in [0, 0.05) is 42.2 Å². The van der Waals surface area contributed by atoms with Crippen LogP contribution in [0.4, 0.5) is 0 Å². The Bertz CT molecular complexity index is 1210. The highest BCUT2D eigenvalue weighted by Gasteiger charge is 2.12. The Morgan fingerprint density at radius 2 is 1.92 bits per heavy atom. The van der Waals surface area contributed by atoms with Gasteiger partial charge in [-0.15, -0.1) is 0 Å². The van der Waals surface area contributed by atoms with Crippen LogP contribution in [0.2, 0.25) is 0 Å². The lowest BCUT2D eigenvalue weighted by molar-refractivity contribution is 0.491. The van der Waals surface area contributed by atoms with Gasteiger partial charge in [0.15, 0.2) is 0 Å². The smallest absolute Gasteiger partial charge is 0.137 e. The normalized spacial score (nSPS) is 11.9. The number of para-hydroxylation sites is 1. The maximum absolute atomic E-state index is 5.72. The van der Waals surface area contributed by atoms with Gasteiger partial charge < -0.3 is 13.4 Å². The number of imidazole rings is 1. The molecule has 4 nitrogen and oxygen atoms in total. The Hall–Kier alpha value is -3.01. The van der Waals surface area contributed by atoms with Gasteiger partial charge in [-0.3, -0.25) is 0 Å². The molecule has 0 saturated heterocycles. The van der Waals surface area contributed by atoms with E-state index in [1.54, 1.807) is 0 Å². The molecule has 1 aromatic carbocycles. The molecule has 4 heterocycles. The molecule has 118 valence electrons. The molecule has 4 heteroatoms. The van der Waals surface area contributed by atoms with Gasteiger partial charge in [0.2, 0.25) is 0 Å². The molecule has 0 unspecified atom stereocenters. The molecule has 0 N–H and O–H groups in total. The van der Waals surface area contributed by atoms with E-state index < -0.39 is 0 Å². The molecular weight excluding hydrogens is 298 g/mol. The minimum atomic E-state index is 0.741. The first-order valence-electron chi connectivity index (χ1n) is 8.09. The molecular formula is C20H17N3O. The van der Waals surface area contributed by atoms with E-state index in [9.17, 15) is 0 Å². The summed E-state index contributed by atoms with van der Waals surface area (Å²) in [5.41, 5.74) is 4.55. The third-order valence-corrected chi connectivity index (χ3v) is 4.77. The molecule has 0 amide bonds. The molecule has 0 atom stereocenters. The van der Waals surface area contributed by atoms with Crippen molar-refractivity contribution in [2.24, 2.45) is 7.05 Å². The minimum absolute atomic E-state index is 0.741. The van der Waals surface area contributed by atoms with E-state index >= 15 is 0 Å². The van der Waals surface area contributed by atoms with Gasteiger partial charge in [-0.2, -0.15) is 0 Å².